The number of carboxylic acid groups (broad SMARTS) is 1. The minimum Gasteiger partial charge on any atom is -0.464 e. The van der Waals surface area contributed by atoms with Gasteiger partial charge in [0.25, 0.3) is 0 Å². The second-order valence-electron chi connectivity index (χ2n) is 3.10. The van der Waals surface area contributed by atoms with E-state index >= 15 is 0 Å². The van der Waals surface area contributed by atoms with E-state index in [1.807, 2.05) is 13.0 Å². The van der Waals surface area contributed by atoms with Gasteiger partial charge in [0.05, 0.1) is 10.5 Å². The predicted molar refractivity (Wildman–Crippen MR) is 55.1 cm³/mol. The summed E-state index contributed by atoms with van der Waals surface area (Å²) in [5, 5.41) is 10.2. The van der Waals surface area contributed by atoms with Crippen molar-refractivity contribution in [2.75, 3.05) is 0 Å². The first-order chi connectivity index (χ1) is 6.61. The Morgan fingerprint density at radius 2 is 2.14 bits per heavy atom. The molecule has 1 aromatic carbocycles. The van der Waals surface area contributed by atoms with Crippen molar-refractivity contribution >= 4 is 28.6 Å². The summed E-state index contributed by atoms with van der Waals surface area (Å²) in [4.78, 5) is 10.8. The molecule has 0 saturated heterocycles. The summed E-state index contributed by atoms with van der Waals surface area (Å²) in [6, 6.07) is 5.27. The summed E-state index contributed by atoms with van der Waals surface area (Å²) in [6.45, 7) is 1.89. The van der Waals surface area contributed by atoms with Crippen LogP contribution in [0.1, 0.15) is 5.56 Å². The fourth-order valence-electron chi connectivity index (χ4n) is 1.46. The first-order valence-electron chi connectivity index (χ1n) is 4.10. The van der Waals surface area contributed by atoms with Crippen molar-refractivity contribution in [2.24, 2.45) is 0 Å². The zero-order valence-electron chi connectivity index (χ0n) is 7.49. The monoisotopic (exact) mass is 209 g/mol. The number of hydrogen-bond acceptors (Lipinski definition) is 1. The fourth-order valence-corrected chi connectivity index (χ4v) is 1.68. The Balaban J connectivity index is 2.83. The second kappa shape index (κ2) is 3.03. The largest absolute Gasteiger partial charge is 0.464 e. The topological polar surface area (TPSA) is 42.2 Å². The van der Waals surface area contributed by atoms with Gasteiger partial charge in [0.15, 0.2) is 0 Å². The average Bonchev–Trinajstić information content (AvgIpc) is 2.55. The summed E-state index contributed by atoms with van der Waals surface area (Å²) in [6.07, 6.45) is 0.498. The normalized spacial score (nSPS) is 10.7. The number of carbonyl (C=O) groups is 1. The molecule has 0 atom stereocenters. The van der Waals surface area contributed by atoms with E-state index in [9.17, 15) is 4.79 Å². The van der Waals surface area contributed by atoms with Gasteiger partial charge in [-0.3, -0.25) is 4.57 Å². The van der Waals surface area contributed by atoms with Gasteiger partial charge in [-0.2, -0.15) is 0 Å². The lowest BCUT2D eigenvalue weighted by Gasteiger charge is -2.01. The van der Waals surface area contributed by atoms with Crippen LogP contribution in [0.4, 0.5) is 4.79 Å². The SMILES string of the molecule is Cc1ccc2c(ccn2C(=O)O)c1Cl. The number of nitrogens with zero attached hydrogens (tertiary/aromatic N) is 1. The van der Waals surface area contributed by atoms with Crippen LogP contribution in [0.25, 0.3) is 10.9 Å². The van der Waals surface area contributed by atoms with Crippen molar-refractivity contribution in [1.82, 2.24) is 4.57 Å². The van der Waals surface area contributed by atoms with E-state index in [4.69, 9.17) is 16.7 Å². The molecule has 72 valence electrons. The fraction of sp³-hybridized carbons (Fsp3) is 0.100. The van der Waals surface area contributed by atoms with Gasteiger partial charge in [0.2, 0.25) is 0 Å². The maximum absolute atomic E-state index is 10.8. The number of aryl methyl sites for hydroxylation is 1. The minimum atomic E-state index is -1.00. The Labute approximate surface area is 85.5 Å². The van der Waals surface area contributed by atoms with Crippen molar-refractivity contribution in [3.63, 3.8) is 0 Å². The van der Waals surface area contributed by atoms with Gasteiger partial charge in [0, 0.05) is 11.6 Å². The summed E-state index contributed by atoms with van der Waals surface area (Å²) >= 11 is 6.04. The van der Waals surface area contributed by atoms with Gasteiger partial charge in [-0.25, -0.2) is 4.79 Å². The third kappa shape index (κ3) is 1.17. The summed E-state index contributed by atoms with van der Waals surface area (Å²) < 4.78 is 1.15. The number of halogens is 1. The Kier molecular flexibility index (Phi) is 1.97. The lowest BCUT2D eigenvalue weighted by molar-refractivity contribution is 0.197. The molecule has 1 N–H and O–H groups in total. The van der Waals surface area contributed by atoms with Crippen LogP contribution in [0, 0.1) is 6.92 Å². The Morgan fingerprint density at radius 1 is 1.43 bits per heavy atom. The van der Waals surface area contributed by atoms with E-state index < -0.39 is 6.09 Å². The summed E-state index contributed by atoms with van der Waals surface area (Å²) in [7, 11) is 0. The average molecular weight is 210 g/mol. The Morgan fingerprint density at radius 3 is 2.79 bits per heavy atom. The molecule has 0 unspecified atom stereocenters. The van der Waals surface area contributed by atoms with Crippen LogP contribution < -0.4 is 0 Å². The molecule has 0 aliphatic heterocycles. The standard InChI is InChI=1S/C10H8ClNO2/c1-6-2-3-8-7(9(6)11)4-5-12(8)10(13)14/h2-5H,1H3,(H,13,14). The molecule has 1 heterocycles. The van der Waals surface area contributed by atoms with Crippen LogP contribution >= 0.6 is 11.6 Å². The van der Waals surface area contributed by atoms with Crippen LogP contribution in [-0.2, 0) is 0 Å². The first-order valence-corrected chi connectivity index (χ1v) is 4.48. The molecule has 4 heteroatoms. The highest BCUT2D eigenvalue weighted by atomic mass is 35.5. The smallest absolute Gasteiger partial charge is 0.416 e. The third-order valence-corrected chi connectivity index (χ3v) is 2.71. The lowest BCUT2D eigenvalue weighted by atomic mass is 10.2. The maximum Gasteiger partial charge on any atom is 0.416 e. The van der Waals surface area contributed by atoms with Crippen LogP contribution in [0.15, 0.2) is 24.4 Å². The van der Waals surface area contributed by atoms with E-state index in [1.165, 1.54) is 6.20 Å². The first kappa shape index (κ1) is 9.09. The van der Waals surface area contributed by atoms with Crippen LogP contribution in [0.3, 0.4) is 0 Å². The Hall–Kier alpha value is -1.48. The van der Waals surface area contributed by atoms with E-state index in [-0.39, 0.29) is 0 Å². The van der Waals surface area contributed by atoms with Gasteiger partial charge in [0.1, 0.15) is 0 Å². The molecule has 0 spiro atoms. The van der Waals surface area contributed by atoms with Gasteiger partial charge >= 0.3 is 6.09 Å². The molecular formula is C10H8ClNO2. The highest BCUT2D eigenvalue weighted by Gasteiger charge is 2.09. The molecule has 0 saturated carbocycles. The molecular weight excluding hydrogens is 202 g/mol. The maximum atomic E-state index is 10.8. The van der Waals surface area contributed by atoms with Crippen LogP contribution in [0.2, 0.25) is 5.02 Å². The van der Waals surface area contributed by atoms with E-state index in [0.717, 1.165) is 15.5 Å². The lowest BCUT2D eigenvalue weighted by Crippen LogP contribution is -2.05. The van der Waals surface area contributed by atoms with Crippen molar-refractivity contribution in [1.29, 1.82) is 0 Å². The van der Waals surface area contributed by atoms with Crippen molar-refractivity contribution in [3.05, 3.63) is 35.0 Å². The number of hydrogen-bond donors (Lipinski definition) is 1. The molecule has 3 nitrogen and oxygen atoms in total. The molecule has 0 radical (unpaired) electrons. The number of fused-ring (bicyclic) bond motifs is 1. The number of rotatable bonds is 0. The molecule has 0 amide bonds. The molecule has 14 heavy (non-hydrogen) atoms. The molecule has 2 aromatic rings. The van der Waals surface area contributed by atoms with Crippen LogP contribution in [0.5, 0.6) is 0 Å². The van der Waals surface area contributed by atoms with Gasteiger partial charge in [-0.15, -0.1) is 0 Å². The predicted octanol–water partition coefficient (Wildman–Crippen LogP) is 3.13. The number of benzene rings is 1. The quantitative estimate of drug-likeness (QED) is 0.724. The van der Waals surface area contributed by atoms with E-state index in [2.05, 4.69) is 0 Å². The summed E-state index contributed by atoms with van der Waals surface area (Å²) in [5.74, 6) is 0. The zero-order valence-corrected chi connectivity index (χ0v) is 8.25. The van der Waals surface area contributed by atoms with E-state index in [0.29, 0.717) is 10.5 Å². The second-order valence-corrected chi connectivity index (χ2v) is 3.48. The third-order valence-electron chi connectivity index (χ3n) is 2.21. The molecule has 1 aromatic heterocycles. The highest BCUT2D eigenvalue weighted by molar-refractivity contribution is 6.36. The molecule has 0 bridgehead atoms. The van der Waals surface area contributed by atoms with Gasteiger partial charge in [-0.05, 0) is 24.6 Å². The zero-order chi connectivity index (χ0) is 10.3. The molecule has 0 fully saturated rings. The molecule has 2 rings (SSSR count). The highest BCUT2D eigenvalue weighted by Crippen LogP contribution is 2.27. The minimum absolute atomic E-state index is 0.613. The van der Waals surface area contributed by atoms with E-state index in [1.54, 1.807) is 12.1 Å². The van der Waals surface area contributed by atoms with Crippen molar-refractivity contribution in [3.8, 4) is 0 Å². The molecule has 0 aliphatic rings. The number of aromatic nitrogens is 1. The molecule has 0 aliphatic carbocycles. The summed E-state index contributed by atoms with van der Waals surface area (Å²) in [5.41, 5.74) is 1.57. The van der Waals surface area contributed by atoms with Crippen molar-refractivity contribution in [2.45, 2.75) is 6.92 Å². The Bertz CT molecular complexity index is 516. The van der Waals surface area contributed by atoms with Gasteiger partial charge in [-0.1, -0.05) is 17.7 Å². The van der Waals surface area contributed by atoms with Crippen LogP contribution in [-0.4, -0.2) is 15.8 Å². The van der Waals surface area contributed by atoms with Gasteiger partial charge < -0.3 is 5.11 Å². The van der Waals surface area contributed by atoms with Crippen molar-refractivity contribution < 1.29 is 9.90 Å².